The lowest BCUT2D eigenvalue weighted by atomic mass is 9.94. The van der Waals surface area contributed by atoms with E-state index in [1.165, 1.54) is 12.7 Å². The predicted molar refractivity (Wildman–Crippen MR) is 107 cm³/mol. The first-order valence-electron chi connectivity index (χ1n) is 9.94. The van der Waals surface area contributed by atoms with E-state index in [1.54, 1.807) is 11.0 Å². The molecule has 1 aromatic heterocycles. The van der Waals surface area contributed by atoms with Crippen LogP contribution in [-0.4, -0.2) is 26.5 Å². The van der Waals surface area contributed by atoms with Crippen LogP contribution in [0.25, 0.3) is 0 Å². The predicted octanol–water partition coefficient (Wildman–Crippen LogP) is 4.01. The van der Waals surface area contributed by atoms with Crippen molar-refractivity contribution >= 4 is 11.6 Å². The van der Waals surface area contributed by atoms with Crippen molar-refractivity contribution in [2.45, 2.75) is 44.4 Å². The van der Waals surface area contributed by atoms with Crippen LogP contribution < -0.4 is 14.8 Å². The van der Waals surface area contributed by atoms with Crippen molar-refractivity contribution in [3.05, 3.63) is 66.2 Å². The largest absolute Gasteiger partial charge is 0.448 e. The molecule has 5 rings (SSSR count). The van der Waals surface area contributed by atoms with Crippen molar-refractivity contribution in [1.29, 1.82) is 0 Å². The summed E-state index contributed by atoms with van der Waals surface area (Å²) in [6.07, 6.45) is 8.44. The highest BCUT2D eigenvalue weighted by Gasteiger charge is 2.42. The van der Waals surface area contributed by atoms with Gasteiger partial charge in [0.1, 0.15) is 12.7 Å². The number of benzene rings is 2. The van der Waals surface area contributed by atoms with Crippen LogP contribution in [0.2, 0.25) is 0 Å². The number of hydrogen-bond acceptors (Lipinski definition) is 5. The minimum atomic E-state index is -0.511. The quantitative estimate of drug-likeness (QED) is 0.728. The van der Waals surface area contributed by atoms with Crippen LogP contribution in [0.1, 0.15) is 48.0 Å². The van der Waals surface area contributed by atoms with E-state index in [0.29, 0.717) is 23.5 Å². The molecule has 0 unspecified atom stereocenters. The van der Waals surface area contributed by atoms with Crippen molar-refractivity contribution in [3.63, 3.8) is 0 Å². The average Bonchev–Trinajstić information content (AvgIpc) is 3.36. The molecule has 0 saturated heterocycles. The summed E-state index contributed by atoms with van der Waals surface area (Å²) >= 11 is 0. The van der Waals surface area contributed by atoms with Crippen LogP contribution in [-0.2, 0) is 6.54 Å². The number of carbonyl (C=O) groups excluding carboxylic acids is 1. The van der Waals surface area contributed by atoms with Crippen molar-refractivity contribution in [2.75, 3.05) is 5.32 Å². The van der Waals surface area contributed by atoms with Gasteiger partial charge < -0.3 is 14.8 Å². The van der Waals surface area contributed by atoms with Crippen molar-refractivity contribution in [2.24, 2.45) is 0 Å². The van der Waals surface area contributed by atoms with Crippen molar-refractivity contribution in [3.8, 4) is 11.5 Å². The third-order valence-corrected chi connectivity index (χ3v) is 5.44. The van der Waals surface area contributed by atoms with E-state index in [0.717, 1.165) is 37.0 Å². The van der Waals surface area contributed by atoms with E-state index in [1.807, 2.05) is 42.5 Å². The Balaban J connectivity index is 1.25. The zero-order valence-corrected chi connectivity index (χ0v) is 16.0. The standard InChI is InChI=1S/C22H22N4O3/c27-21(17-6-4-16(5-7-17)13-26-15-23-14-24-26)25-18-8-9-19-20(12-18)29-22(28-19)10-2-1-3-11-22/h4-9,12,14-15H,1-3,10-11,13H2,(H,25,27). The first-order valence-corrected chi connectivity index (χ1v) is 9.94. The zero-order valence-electron chi connectivity index (χ0n) is 16.0. The van der Waals surface area contributed by atoms with Crippen LogP contribution in [0.3, 0.4) is 0 Å². The second kappa shape index (κ2) is 7.24. The molecule has 1 amide bonds. The summed E-state index contributed by atoms with van der Waals surface area (Å²) in [5.74, 6) is 0.780. The molecule has 2 heterocycles. The molecule has 7 heteroatoms. The Morgan fingerprint density at radius 2 is 1.83 bits per heavy atom. The minimum Gasteiger partial charge on any atom is -0.448 e. The number of nitrogens with zero attached hydrogens (tertiary/aromatic N) is 3. The zero-order chi connectivity index (χ0) is 19.7. The molecule has 1 fully saturated rings. The minimum absolute atomic E-state index is 0.163. The summed E-state index contributed by atoms with van der Waals surface area (Å²) < 4.78 is 14.0. The number of aromatic nitrogens is 3. The number of nitrogens with one attached hydrogen (secondary N) is 1. The Kier molecular flexibility index (Phi) is 4.42. The van der Waals surface area contributed by atoms with E-state index in [-0.39, 0.29) is 5.91 Å². The summed E-state index contributed by atoms with van der Waals surface area (Å²) in [6.45, 7) is 0.617. The number of hydrogen-bond donors (Lipinski definition) is 1. The molecule has 1 spiro atoms. The average molecular weight is 390 g/mol. The van der Waals surface area contributed by atoms with Gasteiger partial charge in [-0.25, -0.2) is 9.67 Å². The van der Waals surface area contributed by atoms with E-state index in [4.69, 9.17) is 9.47 Å². The number of fused-ring (bicyclic) bond motifs is 1. The van der Waals surface area contributed by atoms with Gasteiger partial charge in [-0.05, 0) is 42.7 Å². The van der Waals surface area contributed by atoms with E-state index < -0.39 is 5.79 Å². The summed E-state index contributed by atoms with van der Waals surface area (Å²) in [7, 11) is 0. The summed E-state index contributed by atoms with van der Waals surface area (Å²) in [6, 6.07) is 13.0. The van der Waals surface area contributed by atoms with Crippen LogP contribution in [0, 0.1) is 0 Å². The van der Waals surface area contributed by atoms with Crippen molar-refractivity contribution < 1.29 is 14.3 Å². The number of rotatable bonds is 4. The number of amides is 1. The molecule has 0 bridgehead atoms. The molecule has 2 aromatic carbocycles. The summed E-state index contributed by atoms with van der Waals surface area (Å²) in [4.78, 5) is 16.6. The Hall–Kier alpha value is -3.35. The van der Waals surface area contributed by atoms with Gasteiger partial charge >= 0.3 is 0 Å². The van der Waals surface area contributed by atoms with Crippen LogP contribution in [0.4, 0.5) is 5.69 Å². The normalized spacial score (nSPS) is 16.7. The molecule has 148 valence electrons. The fraction of sp³-hybridized carbons (Fsp3) is 0.318. The molecule has 1 aliphatic carbocycles. The highest BCUT2D eigenvalue weighted by molar-refractivity contribution is 6.04. The second-order valence-corrected chi connectivity index (χ2v) is 7.58. The number of ether oxygens (including phenoxy) is 2. The smallest absolute Gasteiger partial charge is 0.255 e. The molecule has 1 saturated carbocycles. The molecule has 2 aliphatic rings. The lowest BCUT2D eigenvalue weighted by Crippen LogP contribution is -2.40. The van der Waals surface area contributed by atoms with E-state index in [2.05, 4.69) is 15.4 Å². The Labute approximate surface area is 168 Å². The number of carbonyl (C=O) groups is 1. The maximum atomic E-state index is 12.6. The van der Waals surface area contributed by atoms with E-state index in [9.17, 15) is 4.79 Å². The number of anilines is 1. The lowest BCUT2D eigenvalue weighted by Gasteiger charge is -2.31. The van der Waals surface area contributed by atoms with Gasteiger partial charge in [0, 0.05) is 30.2 Å². The monoisotopic (exact) mass is 390 g/mol. The summed E-state index contributed by atoms with van der Waals surface area (Å²) in [5.41, 5.74) is 2.33. The topological polar surface area (TPSA) is 78.3 Å². The molecule has 1 N–H and O–H groups in total. The van der Waals surface area contributed by atoms with Crippen molar-refractivity contribution in [1.82, 2.24) is 14.8 Å². The van der Waals surface area contributed by atoms with Crippen LogP contribution in [0.15, 0.2) is 55.1 Å². The molecule has 7 nitrogen and oxygen atoms in total. The Morgan fingerprint density at radius 1 is 1.03 bits per heavy atom. The van der Waals surface area contributed by atoms with Gasteiger partial charge in [-0.3, -0.25) is 4.79 Å². The first-order chi connectivity index (χ1) is 14.2. The van der Waals surface area contributed by atoms with E-state index >= 15 is 0 Å². The van der Waals surface area contributed by atoms with Gasteiger partial charge in [-0.15, -0.1) is 0 Å². The first kappa shape index (κ1) is 17.7. The molecule has 1 aliphatic heterocycles. The third-order valence-electron chi connectivity index (χ3n) is 5.44. The van der Waals surface area contributed by atoms with Gasteiger partial charge in [0.2, 0.25) is 0 Å². The fourth-order valence-corrected chi connectivity index (χ4v) is 3.93. The lowest BCUT2D eigenvalue weighted by molar-refractivity contribution is -0.105. The highest BCUT2D eigenvalue weighted by Crippen LogP contribution is 2.46. The van der Waals surface area contributed by atoms with Gasteiger partial charge in [0.25, 0.3) is 11.7 Å². The maximum absolute atomic E-state index is 12.6. The molecular weight excluding hydrogens is 368 g/mol. The van der Waals surface area contributed by atoms with Gasteiger partial charge in [0.05, 0.1) is 6.54 Å². The third kappa shape index (κ3) is 3.68. The van der Waals surface area contributed by atoms with Crippen LogP contribution in [0.5, 0.6) is 11.5 Å². The van der Waals surface area contributed by atoms with Gasteiger partial charge in [0.15, 0.2) is 11.5 Å². The maximum Gasteiger partial charge on any atom is 0.255 e. The Bertz CT molecular complexity index is 1010. The molecule has 29 heavy (non-hydrogen) atoms. The molecular formula is C22H22N4O3. The van der Waals surface area contributed by atoms with Crippen LogP contribution >= 0.6 is 0 Å². The second-order valence-electron chi connectivity index (χ2n) is 7.58. The molecule has 0 atom stereocenters. The van der Waals surface area contributed by atoms with Gasteiger partial charge in [-0.1, -0.05) is 18.6 Å². The molecule has 3 aromatic rings. The Morgan fingerprint density at radius 3 is 2.59 bits per heavy atom. The fourth-order valence-electron chi connectivity index (χ4n) is 3.93. The van der Waals surface area contributed by atoms with Gasteiger partial charge in [-0.2, -0.15) is 5.10 Å². The molecule has 0 radical (unpaired) electrons. The highest BCUT2D eigenvalue weighted by atomic mass is 16.7. The summed E-state index contributed by atoms with van der Waals surface area (Å²) in [5, 5.41) is 7.03. The SMILES string of the molecule is O=C(Nc1ccc2c(c1)OC1(CCCCC1)O2)c1ccc(Cn2cncn2)cc1.